The summed E-state index contributed by atoms with van der Waals surface area (Å²) in [5.41, 5.74) is 5.04. The van der Waals surface area contributed by atoms with Gasteiger partial charge in [0, 0.05) is 6.54 Å². The highest BCUT2D eigenvalue weighted by atomic mass is 16.6. The summed E-state index contributed by atoms with van der Waals surface area (Å²) >= 11 is 0. The average molecular weight is 230 g/mol. The van der Waals surface area contributed by atoms with Crippen molar-refractivity contribution in [3.05, 3.63) is 0 Å². The van der Waals surface area contributed by atoms with Crippen molar-refractivity contribution in [2.45, 2.75) is 51.4 Å². The lowest BCUT2D eigenvalue weighted by atomic mass is 10.1. The molecular formula is C11H22N2O3. The molecule has 0 bridgehead atoms. The Morgan fingerprint density at radius 3 is 2.62 bits per heavy atom. The fraction of sp³-hybridized carbons (Fsp3) is 0.909. The van der Waals surface area contributed by atoms with E-state index in [-0.39, 0.29) is 18.2 Å². The lowest BCUT2D eigenvalue weighted by Crippen LogP contribution is -2.46. The molecule has 1 aliphatic heterocycles. The first-order valence-electron chi connectivity index (χ1n) is 5.72. The second-order valence-corrected chi connectivity index (χ2v) is 5.11. The van der Waals surface area contributed by atoms with Gasteiger partial charge in [0.15, 0.2) is 0 Å². The number of nitrogens with two attached hydrogens (primary N) is 1. The van der Waals surface area contributed by atoms with E-state index in [1.165, 1.54) is 0 Å². The standard InChI is InChI=1S/C11H22N2O3/c1-11(2,3)16-10(14)13-8-4-5-9(6-12)15-7-8/h8-9H,4-7,12H2,1-3H3,(H,13,14)/t8-,9-/m1/s1. The summed E-state index contributed by atoms with van der Waals surface area (Å²) in [6.45, 7) is 6.58. The predicted molar refractivity (Wildman–Crippen MR) is 61.2 cm³/mol. The largest absolute Gasteiger partial charge is 0.444 e. The molecule has 2 atom stereocenters. The van der Waals surface area contributed by atoms with Gasteiger partial charge in [-0.1, -0.05) is 0 Å². The molecule has 16 heavy (non-hydrogen) atoms. The topological polar surface area (TPSA) is 73.6 Å². The number of hydrogen-bond donors (Lipinski definition) is 2. The van der Waals surface area contributed by atoms with Gasteiger partial charge in [0.1, 0.15) is 5.60 Å². The van der Waals surface area contributed by atoms with Crippen LogP contribution in [0.4, 0.5) is 4.79 Å². The minimum Gasteiger partial charge on any atom is -0.444 e. The maximum atomic E-state index is 11.5. The molecule has 1 amide bonds. The van der Waals surface area contributed by atoms with Crippen molar-refractivity contribution in [3.8, 4) is 0 Å². The van der Waals surface area contributed by atoms with Crippen molar-refractivity contribution in [1.29, 1.82) is 0 Å². The van der Waals surface area contributed by atoms with Crippen LogP contribution in [0, 0.1) is 0 Å². The minimum atomic E-state index is -0.459. The van der Waals surface area contributed by atoms with E-state index in [0.717, 1.165) is 12.8 Å². The maximum Gasteiger partial charge on any atom is 0.407 e. The molecule has 0 unspecified atom stereocenters. The van der Waals surface area contributed by atoms with Gasteiger partial charge in [0.25, 0.3) is 0 Å². The number of alkyl carbamates (subject to hydrolysis) is 1. The lowest BCUT2D eigenvalue weighted by Gasteiger charge is -2.29. The van der Waals surface area contributed by atoms with Crippen LogP contribution in [0.2, 0.25) is 0 Å². The average Bonchev–Trinajstić information content (AvgIpc) is 2.16. The van der Waals surface area contributed by atoms with Gasteiger partial charge in [-0.15, -0.1) is 0 Å². The van der Waals surface area contributed by atoms with Crippen LogP contribution >= 0.6 is 0 Å². The predicted octanol–water partition coefficient (Wildman–Crippen LogP) is 1.02. The third kappa shape index (κ3) is 4.81. The van der Waals surface area contributed by atoms with Crippen molar-refractivity contribution in [2.75, 3.05) is 13.2 Å². The van der Waals surface area contributed by atoms with E-state index in [1.807, 2.05) is 20.8 Å². The molecule has 0 aromatic rings. The Labute approximate surface area is 96.7 Å². The van der Waals surface area contributed by atoms with Gasteiger partial charge < -0.3 is 20.5 Å². The molecule has 1 saturated heterocycles. The molecule has 1 fully saturated rings. The minimum absolute atomic E-state index is 0.0395. The highest BCUT2D eigenvalue weighted by Gasteiger charge is 2.24. The number of amides is 1. The molecule has 0 aromatic heterocycles. The van der Waals surface area contributed by atoms with E-state index in [1.54, 1.807) is 0 Å². The molecule has 3 N–H and O–H groups in total. The summed E-state index contributed by atoms with van der Waals surface area (Å²) in [5.74, 6) is 0. The van der Waals surface area contributed by atoms with Crippen molar-refractivity contribution >= 4 is 6.09 Å². The van der Waals surface area contributed by atoms with Crippen LogP contribution in [0.1, 0.15) is 33.6 Å². The number of hydrogen-bond acceptors (Lipinski definition) is 4. The molecule has 94 valence electrons. The summed E-state index contributed by atoms with van der Waals surface area (Å²) in [7, 11) is 0. The fourth-order valence-electron chi connectivity index (χ4n) is 1.58. The monoisotopic (exact) mass is 230 g/mol. The van der Waals surface area contributed by atoms with Gasteiger partial charge in [-0.05, 0) is 33.6 Å². The molecule has 0 radical (unpaired) electrons. The molecule has 0 aliphatic carbocycles. The molecule has 0 spiro atoms. The lowest BCUT2D eigenvalue weighted by molar-refractivity contribution is -0.00322. The molecular weight excluding hydrogens is 208 g/mol. The molecule has 5 heteroatoms. The van der Waals surface area contributed by atoms with Gasteiger partial charge >= 0.3 is 6.09 Å². The second-order valence-electron chi connectivity index (χ2n) is 5.11. The van der Waals surface area contributed by atoms with E-state index >= 15 is 0 Å². The first kappa shape index (κ1) is 13.3. The third-order valence-electron chi connectivity index (χ3n) is 2.35. The van der Waals surface area contributed by atoms with E-state index in [2.05, 4.69) is 5.32 Å². The van der Waals surface area contributed by atoms with E-state index < -0.39 is 5.60 Å². The number of nitrogens with one attached hydrogen (secondary N) is 1. The Balaban J connectivity index is 2.26. The number of rotatable bonds is 2. The van der Waals surface area contributed by atoms with Crippen molar-refractivity contribution in [3.63, 3.8) is 0 Å². The third-order valence-corrected chi connectivity index (χ3v) is 2.35. The van der Waals surface area contributed by atoms with E-state index in [9.17, 15) is 4.79 Å². The SMILES string of the molecule is CC(C)(C)OC(=O)N[C@@H]1CC[C@H](CN)OC1. The fourth-order valence-corrected chi connectivity index (χ4v) is 1.58. The van der Waals surface area contributed by atoms with Gasteiger partial charge in [0.2, 0.25) is 0 Å². The number of carbonyl (C=O) groups excluding carboxylic acids is 1. The molecule has 0 saturated carbocycles. The zero-order chi connectivity index (χ0) is 12.2. The van der Waals surface area contributed by atoms with Crippen LogP contribution in [-0.2, 0) is 9.47 Å². The van der Waals surface area contributed by atoms with Crippen molar-refractivity contribution in [2.24, 2.45) is 5.73 Å². The molecule has 1 heterocycles. The van der Waals surface area contributed by atoms with Crippen molar-refractivity contribution < 1.29 is 14.3 Å². The zero-order valence-electron chi connectivity index (χ0n) is 10.3. The van der Waals surface area contributed by atoms with Gasteiger partial charge in [-0.3, -0.25) is 0 Å². The van der Waals surface area contributed by atoms with Crippen molar-refractivity contribution in [1.82, 2.24) is 5.32 Å². The summed E-state index contributed by atoms with van der Waals surface area (Å²) in [4.78, 5) is 11.5. The summed E-state index contributed by atoms with van der Waals surface area (Å²) < 4.78 is 10.6. The van der Waals surface area contributed by atoms with Gasteiger partial charge in [-0.25, -0.2) is 4.79 Å². The summed E-state index contributed by atoms with van der Waals surface area (Å²) in [6.07, 6.45) is 1.53. The van der Waals surface area contributed by atoms with Gasteiger partial charge in [0.05, 0.1) is 18.8 Å². The highest BCUT2D eigenvalue weighted by molar-refractivity contribution is 5.68. The van der Waals surface area contributed by atoms with E-state index in [4.69, 9.17) is 15.2 Å². The van der Waals surface area contributed by atoms with Crippen LogP contribution < -0.4 is 11.1 Å². The first-order chi connectivity index (χ1) is 7.40. The second kappa shape index (κ2) is 5.50. The number of ether oxygens (including phenoxy) is 2. The quantitative estimate of drug-likeness (QED) is 0.742. The smallest absolute Gasteiger partial charge is 0.407 e. The molecule has 1 aliphatic rings. The maximum absolute atomic E-state index is 11.5. The Morgan fingerprint density at radius 1 is 1.50 bits per heavy atom. The Morgan fingerprint density at radius 2 is 2.19 bits per heavy atom. The highest BCUT2D eigenvalue weighted by Crippen LogP contribution is 2.13. The summed E-state index contributed by atoms with van der Waals surface area (Å²) in [6, 6.07) is 0.0395. The van der Waals surface area contributed by atoms with Crippen LogP contribution in [0.25, 0.3) is 0 Å². The first-order valence-corrected chi connectivity index (χ1v) is 5.72. The molecule has 1 rings (SSSR count). The summed E-state index contributed by atoms with van der Waals surface area (Å²) in [5, 5.41) is 2.79. The van der Waals surface area contributed by atoms with E-state index in [0.29, 0.717) is 13.2 Å². The van der Waals surface area contributed by atoms with Crippen LogP contribution in [0.5, 0.6) is 0 Å². The zero-order valence-corrected chi connectivity index (χ0v) is 10.3. The number of carbonyl (C=O) groups is 1. The van der Waals surface area contributed by atoms with Crippen LogP contribution in [0.15, 0.2) is 0 Å². The molecule has 5 nitrogen and oxygen atoms in total. The van der Waals surface area contributed by atoms with Crippen LogP contribution in [0.3, 0.4) is 0 Å². The molecule has 0 aromatic carbocycles. The normalized spacial score (nSPS) is 26.2. The van der Waals surface area contributed by atoms with Crippen LogP contribution in [-0.4, -0.2) is 37.0 Å². The Bertz CT molecular complexity index is 230. The Kier molecular flexibility index (Phi) is 4.56. The van der Waals surface area contributed by atoms with Gasteiger partial charge in [-0.2, -0.15) is 0 Å². The Hall–Kier alpha value is -0.810.